The van der Waals surface area contributed by atoms with Crippen LogP contribution in [0.15, 0.2) is 0 Å². The molecule has 4 heteroatoms. The Labute approximate surface area is 129 Å². The van der Waals surface area contributed by atoms with Crippen molar-refractivity contribution in [1.82, 2.24) is 9.97 Å². The van der Waals surface area contributed by atoms with Gasteiger partial charge in [-0.25, -0.2) is 9.97 Å². The number of nitrogens with zero attached hydrogens (tertiary/aromatic N) is 3. The van der Waals surface area contributed by atoms with E-state index in [4.69, 9.17) is 9.97 Å². The summed E-state index contributed by atoms with van der Waals surface area (Å²) in [6.45, 7) is 15.5. The number of hydrogen-bond acceptors (Lipinski definition) is 4. The molecule has 1 aliphatic rings. The Hall–Kier alpha value is -1.32. The summed E-state index contributed by atoms with van der Waals surface area (Å²) in [7, 11) is 1.94. The molecule has 0 spiro atoms. The molecule has 2 heterocycles. The highest BCUT2D eigenvalue weighted by Crippen LogP contribution is 2.34. The zero-order valence-corrected chi connectivity index (χ0v) is 14.7. The molecule has 4 nitrogen and oxygen atoms in total. The van der Waals surface area contributed by atoms with Crippen LogP contribution < -0.4 is 10.2 Å². The predicted octanol–water partition coefficient (Wildman–Crippen LogP) is 3.75. The molecule has 0 unspecified atom stereocenters. The number of rotatable bonds is 2. The molecule has 0 atom stereocenters. The van der Waals surface area contributed by atoms with Crippen molar-refractivity contribution in [2.24, 2.45) is 5.41 Å². The van der Waals surface area contributed by atoms with Crippen LogP contribution in [0.3, 0.4) is 0 Å². The fraction of sp³-hybridized carbons (Fsp3) is 0.765. The molecule has 1 aromatic rings. The summed E-state index contributed by atoms with van der Waals surface area (Å²) in [6, 6.07) is 0. The van der Waals surface area contributed by atoms with Gasteiger partial charge in [-0.1, -0.05) is 34.6 Å². The number of anilines is 2. The SMILES string of the molecule is CNc1nc(C(C)(C)C)nc(N2CCC(C)(C)CC2)c1C. The lowest BCUT2D eigenvalue weighted by atomic mass is 9.82. The average molecular weight is 290 g/mol. The maximum atomic E-state index is 4.90. The van der Waals surface area contributed by atoms with Crippen LogP contribution in [-0.4, -0.2) is 30.1 Å². The van der Waals surface area contributed by atoms with Gasteiger partial charge in [0.1, 0.15) is 17.5 Å². The van der Waals surface area contributed by atoms with Crippen LogP contribution in [0.1, 0.15) is 58.8 Å². The second kappa shape index (κ2) is 5.47. The molecule has 1 fully saturated rings. The van der Waals surface area contributed by atoms with Crippen LogP contribution >= 0.6 is 0 Å². The minimum Gasteiger partial charge on any atom is -0.373 e. The van der Waals surface area contributed by atoms with E-state index in [9.17, 15) is 0 Å². The van der Waals surface area contributed by atoms with E-state index < -0.39 is 0 Å². The molecule has 0 amide bonds. The first kappa shape index (κ1) is 16.1. The lowest BCUT2D eigenvalue weighted by Crippen LogP contribution is -2.38. The van der Waals surface area contributed by atoms with Gasteiger partial charge in [0.25, 0.3) is 0 Å². The maximum absolute atomic E-state index is 4.90. The molecular weight excluding hydrogens is 260 g/mol. The maximum Gasteiger partial charge on any atom is 0.138 e. The first-order chi connectivity index (χ1) is 9.64. The van der Waals surface area contributed by atoms with Crippen molar-refractivity contribution in [3.05, 3.63) is 11.4 Å². The molecule has 1 N–H and O–H groups in total. The lowest BCUT2D eigenvalue weighted by Gasteiger charge is -2.38. The van der Waals surface area contributed by atoms with Crippen molar-refractivity contribution in [2.45, 2.75) is 59.8 Å². The molecule has 0 bridgehead atoms. The molecule has 118 valence electrons. The number of hydrogen-bond donors (Lipinski definition) is 1. The van der Waals surface area contributed by atoms with Gasteiger partial charge >= 0.3 is 0 Å². The van der Waals surface area contributed by atoms with Gasteiger partial charge in [0.15, 0.2) is 0 Å². The van der Waals surface area contributed by atoms with Crippen LogP contribution in [-0.2, 0) is 5.41 Å². The summed E-state index contributed by atoms with van der Waals surface area (Å²) in [5, 5.41) is 3.23. The van der Waals surface area contributed by atoms with Crippen molar-refractivity contribution >= 4 is 11.6 Å². The molecule has 1 saturated heterocycles. The second-order valence-electron chi connectivity index (χ2n) is 8.00. The van der Waals surface area contributed by atoms with E-state index in [1.54, 1.807) is 0 Å². The molecule has 21 heavy (non-hydrogen) atoms. The molecule has 1 aromatic heterocycles. The summed E-state index contributed by atoms with van der Waals surface area (Å²) >= 11 is 0. The second-order valence-corrected chi connectivity index (χ2v) is 8.00. The van der Waals surface area contributed by atoms with Crippen LogP contribution in [0.25, 0.3) is 0 Å². The standard InChI is InChI=1S/C17H30N4/c1-12-13(18-7)19-15(16(2,3)4)20-14(12)21-10-8-17(5,6)9-11-21/h8-11H2,1-7H3,(H,18,19,20). The molecule has 0 aromatic carbocycles. The molecule has 0 saturated carbocycles. The van der Waals surface area contributed by atoms with E-state index in [1.165, 1.54) is 12.8 Å². The largest absolute Gasteiger partial charge is 0.373 e. The van der Waals surface area contributed by atoms with E-state index in [0.717, 1.165) is 36.1 Å². The van der Waals surface area contributed by atoms with Gasteiger partial charge < -0.3 is 10.2 Å². The number of piperidine rings is 1. The number of aromatic nitrogens is 2. The molecule has 1 aliphatic heterocycles. The highest BCUT2D eigenvalue weighted by atomic mass is 15.2. The van der Waals surface area contributed by atoms with Gasteiger partial charge in [0.05, 0.1) is 0 Å². The highest BCUT2D eigenvalue weighted by Gasteiger charge is 2.29. The Kier molecular flexibility index (Phi) is 4.18. The van der Waals surface area contributed by atoms with Crippen molar-refractivity contribution < 1.29 is 0 Å². The molecule has 0 radical (unpaired) electrons. The van der Waals surface area contributed by atoms with E-state index >= 15 is 0 Å². The van der Waals surface area contributed by atoms with Gasteiger partial charge in [0.2, 0.25) is 0 Å². The smallest absolute Gasteiger partial charge is 0.138 e. The fourth-order valence-corrected chi connectivity index (χ4v) is 2.72. The van der Waals surface area contributed by atoms with E-state index in [-0.39, 0.29) is 5.41 Å². The summed E-state index contributed by atoms with van der Waals surface area (Å²) in [4.78, 5) is 12.0. The van der Waals surface area contributed by atoms with E-state index in [1.807, 2.05) is 7.05 Å². The third-order valence-electron chi connectivity index (χ3n) is 4.44. The van der Waals surface area contributed by atoms with Crippen molar-refractivity contribution in [3.8, 4) is 0 Å². The Morgan fingerprint density at radius 2 is 1.67 bits per heavy atom. The minimum absolute atomic E-state index is 0.0386. The van der Waals surface area contributed by atoms with Crippen LogP contribution in [0.5, 0.6) is 0 Å². The van der Waals surface area contributed by atoms with Crippen molar-refractivity contribution in [2.75, 3.05) is 30.4 Å². The van der Waals surface area contributed by atoms with Crippen LogP contribution in [0, 0.1) is 12.3 Å². The Balaban J connectivity index is 2.39. The van der Waals surface area contributed by atoms with Crippen molar-refractivity contribution in [1.29, 1.82) is 0 Å². The average Bonchev–Trinajstić information content (AvgIpc) is 2.38. The quantitative estimate of drug-likeness (QED) is 0.900. The first-order valence-corrected chi connectivity index (χ1v) is 7.96. The topological polar surface area (TPSA) is 41.1 Å². The van der Waals surface area contributed by atoms with Gasteiger partial charge in [-0.15, -0.1) is 0 Å². The van der Waals surface area contributed by atoms with Crippen LogP contribution in [0.2, 0.25) is 0 Å². The minimum atomic E-state index is -0.0386. The lowest BCUT2D eigenvalue weighted by molar-refractivity contribution is 0.279. The third-order valence-corrected chi connectivity index (χ3v) is 4.44. The van der Waals surface area contributed by atoms with Gasteiger partial charge in [0, 0.05) is 31.1 Å². The predicted molar refractivity (Wildman–Crippen MR) is 90.2 cm³/mol. The first-order valence-electron chi connectivity index (χ1n) is 7.96. The summed E-state index contributed by atoms with van der Waals surface area (Å²) in [5.74, 6) is 2.97. The fourth-order valence-electron chi connectivity index (χ4n) is 2.72. The summed E-state index contributed by atoms with van der Waals surface area (Å²) in [5.41, 5.74) is 1.57. The molecule has 0 aliphatic carbocycles. The zero-order chi connectivity index (χ0) is 15.8. The third kappa shape index (κ3) is 3.47. The van der Waals surface area contributed by atoms with Gasteiger partial charge in [-0.2, -0.15) is 0 Å². The number of nitrogens with one attached hydrogen (secondary N) is 1. The van der Waals surface area contributed by atoms with E-state index in [2.05, 4.69) is 51.8 Å². The van der Waals surface area contributed by atoms with Gasteiger partial charge in [-0.3, -0.25) is 0 Å². The summed E-state index contributed by atoms with van der Waals surface area (Å²) < 4.78 is 0. The Morgan fingerprint density at radius 1 is 1.10 bits per heavy atom. The van der Waals surface area contributed by atoms with Crippen molar-refractivity contribution in [3.63, 3.8) is 0 Å². The Bertz CT molecular complexity index is 504. The van der Waals surface area contributed by atoms with Gasteiger partial charge in [-0.05, 0) is 25.2 Å². The molecular formula is C17H30N4. The Morgan fingerprint density at radius 3 is 2.14 bits per heavy atom. The highest BCUT2D eigenvalue weighted by molar-refractivity contribution is 5.59. The monoisotopic (exact) mass is 290 g/mol. The van der Waals surface area contributed by atoms with Crippen LogP contribution in [0.4, 0.5) is 11.6 Å². The zero-order valence-electron chi connectivity index (χ0n) is 14.7. The normalized spacial score (nSPS) is 18.7. The van der Waals surface area contributed by atoms with E-state index in [0.29, 0.717) is 5.41 Å². The summed E-state index contributed by atoms with van der Waals surface area (Å²) in [6.07, 6.45) is 2.44. The molecule has 2 rings (SSSR count).